The fourth-order valence-corrected chi connectivity index (χ4v) is 3.30. The zero-order valence-corrected chi connectivity index (χ0v) is 16.6. The summed E-state index contributed by atoms with van der Waals surface area (Å²) >= 11 is 6.33. The van der Waals surface area contributed by atoms with E-state index in [1.165, 1.54) is 11.6 Å². The van der Waals surface area contributed by atoms with Gasteiger partial charge in [-0.05, 0) is 18.1 Å². The van der Waals surface area contributed by atoms with Crippen LogP contribution >= 0.6 is 11.6 Å². The average Bonchev–Trinajstić information content (AvgIpc) is 3.02. The third-order valence-electron chi connectivity index (χ3n) is 4.70. The van der Waals surface area contributed by atoms with Gasteiger partial charge in [0.05, 0.1) is 6.54 Å². The zero-order valence-electron chi connectivity index (χ0n) is 15.8. The molecule has 0 bridgehead atoms. The van der Waals surface area contributed by atoms with E-state index in [0.29, 0.717) is 28.7 Å². The van der Waals surface area contributed by atoms with Crippen molar-refractivity contribution in [1.82, 2.24) is 18.7 Å². The van der Waals surface area contributed by atoms with Gasteiger partial charge in [0.2, 0.25) is 5.95 Å². The Balaban J connectivity index is 2.16. The fourth-order valence-electron chi connectivity index (χ4n) is 3.11. The normalized spacial score (nSPS) is 11.3. The van der Waals surface area contributed by atoms with Crippen molar-refractivity contribution in [2.45, 2.75) is 32.7 Å². The van der Waals surface area contributed by atoms with E-state index in [-0.39, 0.29) is 5.56 Å². The maximum atomic E-state index is 12.8. The second kappa shape index (κ2) is 8.00. The lowest BCUT2D eigenvalue weighted by molar-refractivity contribution is 0.702. The fraction of sp³-hybridized carbons (Fsp3) is 0.421. The number of nitrogens with one attached hydrogen (secondary N) is 1. The highest BCUT2D eigenvalue weighted by Gasteiger charge is 2.19. The molecule has 0 spiro atoms. The summed E-state index contributed by atoms with van der Waals surface area (Å²) in [5.41, 5.74) is 0.873. The Morgan fingerprint density at radius 3 is 2.56 bits per heavy atom. The summed E-state index contributed by atoms with van der Waals surface area (Å²) in [5, 5.41) is 3.94. The van der Waals surface area contributed by atoms with Crippen molar-refractivity contribution in [3.8, 4) is 0 Å². The smallest absolute Gasteiger partial charge is 0.332 e. The van der Waals surface area contributed by atoms with E-state index in [1.54, 1.807) is 7.05 Å². The minimum Gasteiger partial charge on any atom is -0.356 e. The van der Waals surface area contributed by atoms with Crippen molar-refractivity contribution in [1.29, 1.82) is 0 Å². The van der Waals surface area contributed by atoms with Crippen LogP contribution in [0.25, 0.3) is 11.2 Å². The number of imidazole rings is 1. The van der Waals surface area contributed by atoms with Crippen LogP contribution in [-0.4, -0.2) is 25.2 Å². The van der Waals surface area contributed by atoms with Crippen LogP contribution in [0.4, 0.5) is 5.95 Å². The van der Waals surface area contributed by atoms with E-state index in [9.17, 15) is 9.59 Å². The maximum absolute atomic E-state index is 12.8. The quantitative estimate of drug-likeness (QED) is 0.630. The van der Waals surface area contributed by atoms with Crippen LogP contribution in [0, 0.1) is 0 Å². The number of rotatable bonds is 7. The van der Waals surface area contributed by atoms with Crippen LogP contribution in [0.1, 0.15) is 31.7 Å². The van der Waals surface area contributed by atoms with Gasteiger partial charge in [0.25, 0.3) is 5.56 Å². The SMILES string of the molecule is CCCCCNc1nc2c(c(=O)n(C)c(=O)n2C)n1Cc1ccccc1Cl. The Kier molecular flexibility index (Phi) is 5.70. The van der Waals surface area contributed by atoms with E-state index in [2.05, 4.69) is 17.2 Å². The highest BCUT2D eigenvalue weighted by molar-refractivity contribution is 6.31. The lowest BCUT2D eigenvalue weighted by atomic mass is 10.2. The number of fused-ring (bicyclic) bond motifs is 1. The van der Waals surface area contributed by atoms with E-state index >= 15 is 0 Å². The van der Waals surface area contributed by atoms with Crippen LogP contribution in [0.15, 0.2) is 33.9 Å². The van der Waals surface area contributed by atoms with Gasteiger partial charge in [0.1, 0.15) is 0 Å². The summed E-state index contributed by atoms with van der Waals surface area (Å²) < 4.78 is 4.31. The lowest BCUT2D eigenvalue weighted by Crippen LogP contribution is -2.37. The molecular weight excluding hydrogens is 366 g/mol. The molecule has 2 heterocycles. The monoisotopic (exact) mass is 389 g/mol. The van der Waals surface area contributed by atoms with Crippen LogP contribution in [-0.2, 0) is 20.6 Å². The Hall–Kier alpha value is -2.54. The van der Waals surface area contributed by atoms with E-state index in [4.69, 9.17) is 11.6 Å². The molecule has 8 heteroatoms. The number of hydrogen-bond donors (Lipinski definition) is 1. The van der Waals surface area contributed by atoms with Crippen molar-refractivity contribution in [3.63, 3.8) is 0 Å². The van der Waals surface area contributed by atoms with Gasteiger partial charge < -0.3 is 5.32 Å². The number of aromatic nitrogens is 4. The molecule has 0 atom stereocenters. The third kappa shape index (κ3) is 3.64. The van der Waals surface area contributed by atoms with E-state index in [0.717, 1.165) is 35.9 Å². The van der Waals surface area contributed by atoms with Gasteiger partial charge >= 0.3 is 5.69 Å². The standard InChI is InChI=1S/C19H24ClN5O2/c1-4-5-8-11-21-18-22-16-15(17(26)24(3)19(27)23(16)2)25(18)12-13-9-6-7-10-14(13)20/h6-7,9-10H,4-5,8,11-12H2,1-3H3,(H,21,22). The van der Waals surface area contributed by atoms with E-state index in [1.807, 2.05) is 28.8 Å². The third-order valence-corrected chi connectivity index (χ3v) is 5.07. The summed E-state index contributed by atoms with van der Waals surface area (Å²) in [6.45, 7) is 3.28. The molecule has 0 fully saturated rings. The van der Waals surface area contributed by atoms with Gasteiger partial charge in [0.15, 0.2) is 11.2 Å². The average molecular weight is 390 g/mol. The molecule has 144 valence electrons. The first-order valence-electron chi connectivity index (χ1n) is 9.09. The summed E-state index contributed by atoms with van der Waals surface area (Å²) in [6, 6.07) is 7.51. The maximum Gasteiger partial charge on any atom is 0.332 e. The first-order chi connectivity index (χ1) is 13.0. The van der Waals surface area contributed by atoms with Crippen LogP contribution in [0.3, 0.4) is 0 Å². The Labute approximate surface area is 162 Å². The molecule has 1 N–H and O–H groups in total. The summed E-state index contributed by atoms with van der Waals surface area (Å²) in [7, 11) is 3.10. The molecule has 0 aliphatic carbocycles. The molecule has 0 radical (unpaired) electrons. The molecule has 0 aliphatic heterocycles. The molecule has 3 aromatic rings. The molecule has 2 aromatic heterocycles. The summed E-state index contributed by atoms with van der Waals surface area (Å²) in [5.74, 6) is 0.569. The highest BCUT2D eigenvalue weighted by Crippen LogP contribution is 2.22. The second-order valence-corrected chi connectivity index (χ2v) is 7.03. The predicted octanol–water partition coefficient (Wildman–Crippen LogP) is 2.74. The first kappa shape index (κ1) is 19.2. The van der Waals surface area contributed by atoms with Gasteiger partial charge in [-0.15, -0.1) is 0 Å². The molecule has 3 rings (SSSR count). The van der Waals surface area contributed by atoms with Gasteiger partial charge in [-0.3, -0.25) is 18.5 Å². The lowest BCUT2D eigenvalue weighted by Gasteiger charge is -2.12. The van der Waals surface area contributed by atoms with Gasteiger partial charge in [-0.1, -0.05) is 49.6 Å². The minimum absolute atomic E-state index is 0.366. The number of halogens is 1. The summed E-state index contributed by atoms with van der Waals surface area (Å²) in [4.78, 5) is 29.6. The van der Waals surface area contributed by atoms with Crippen molar-refractivity contribution >= 4 is 28.7 Å². The van der Waals surface area contributed by atoms with Crippen LogP contribution in [0.2, 0.25) is 5.02 Å². The molecule has 27 heavy (non-hydrogen) atoms. The van der Waals surface area contributed by atoms with Crippen molar-refractivity contribution < 1.29 is 0 Å². The Morgan fingerprint density at radius 2 is 1.85 bits per heavy atom. The number of nitrogens with zero attached hydrogens (tertiary/aromatic N) is 4. The molecule has 1 aromatic carbocycles. The topological polar surface area (TPSA) is 73.8 Å². The largest absolute Gasteiger partial charge is 0.356 e. The van der Waals surface area contributed by atoms with E-state index < -0.39 is 5.69 Å². The molecule has 7 nitrogen and oxygen atoms in total. The van der Waals surface area contributed by atoms with Crippen LogP contribution < -0.4 is 16.6 Å². The molecule has 0 amide bonds. The Morgan fingerprint density at radius 1 is 1.11 bits per heavy atom. The number of anilines is 1. The summed E-state index contributed by atoms with van der Waals surface area (Å²) in [6.07, 6.45) is 3.23. The van der Waals surface area contributed by atoms with Gasteiger partial charge in [-0.25, -0.2) is 4.79 Å². The zero-order chi connectivity index (χ0) is 19.6. The molecule has 0 saturated carbocycles. The number of aryl methyl sites for hydroxylation is 1. The molecule has 0 aliphatic rings. The van der Waals surface area contributed by atoms with Gasteiger partial charge in [-0.2, -0.15) is 4.98 Å². The number of unbranched alkanes of at least 4 members (excludes halogenated alkanes) is 2. The number of benzene rings is 1. The molecular formula is C19H24ClN5O2. The van der Waals surface area contributed by atoms with Gasteiger partial charge in [0, 0.05) is 25.7 Å². The predicted molar refractivity (Wildman–Crippen MR) is 109 cm³/mol. The first-order valence-corrected chi connectivity index (χ1v) is 9.47. The van der Waals surface area contributed by atoms with Crippen molar-refractivity contribution in [2.75, 3.05) is 11.9 Å². The number of hydrogen-bond acceptors (Lipinski definition) is 4. The van der Waals surface area contributed by atoms with Crippen molar-refractivity contribution in [2.24, 2.45) is 14.1 Å². The van der Waals surface area contributed by atoms with Crippen molar-refractivity contribution in [3.05, 3.63) is 55.7 Å². The molecule has 0 unspecified atom stereocenters. The molecule has 0 saturated heterocycles. The minimum atomic E-state index is -0.396. The van der Waals surface area contributed by atoms with Crippen LogP contribution in [0.5, 0.6) is 0 Å². The second-order valence-electron chi connectivity index (χ2n) is 6.62. The Bertz CT molecular complexity index is 1080. The highest BCUT2D eigenvalue weighted by atomic mass is 35.5.